The molecule has 3 heterocycles. The minimum absolute atomic E-state index is 0.0223. The topological polar surface area (TPSA) is 279 Å². The number of phosphoric ester groups is 1. The molecule has 0 amide bonds. The van der Waals surface area contributed by atoms with E-state index in [4.69, 9.17) is 25.2 Å². The van der Waals surface area contributed by atoms with Gasteiger partial charge >= 0.3 is 23.5 Å². The van der Waals surface area contributed by atoms with Gasteiger partial charge in [-0.25, -0.2) is 33.0 Å². The minimum Gasteiger partial charge on any atom is -0.385 e. The zero-order valence-electron chi connectivity index (χ0n) is 15.2. The fourth-order valence-electron chi connectivity index (χ4n) is 2.62. The van der Waals surface area contributed by atoms with Crippen LogP contribution in [0.25, 0.3) is 11.2 Å². The van der Waals surface area contributed by atoms with Crippen LogP contribution >= 0.6 is 23.5 Å². The van der Waals surface area contributed by atoms with Gasteiger partial charge in [-0.05, 0) is 0 Å². The third-order valence-electron chi connectivity index (χ3n) is 3.88. The minimum atomic E-state index is -5.84. The first-order chi connectivity index (χ1) is 14.5. The molecule has 8 N–H and O–H groups in total. The maximum atomic E-state index is 15.1. The van der Waals surface area contributed by atoms with Crippen LogP contribution < -0.4 is 5.73 Å². The molecule has 180 valence electrons. The van der Waals surface area contributed by atoms with Crippen molar-refractivity contribution >= 4 is 40.4 Å². The Kier molecular flexibility index (Phi) is 6.62. The second kappa shape index (κ2) is 8.41. The normalized spacial score (nSPS) is 30.3. The van der Waals surface area contributed by atoms with E-state index in [1.807, 2.05) is 0 Å². The van der Waals surface area contributed by atoms with Gasteiger partial charge in [0.05, 0.1) is 6.33 Å². The Morgan fingerprint density at radius 2 is 1.78 bits per heavy atom. The van der Waals surface area contributed by atoms with E-state index in [0.717, 1.165) is 17.2 Å². The molecule has 0 saturated carbocycles. The predicted molar refractivity (Wildman–Crippen MR) is 95.5 cm³/mol. The fourth-order valence-corrected chi connectivity index (χ4v) is 5.65. The molecule has 0 radical (unpaired) electrons. The number of nitrogens with two attached hydrogens (primary N) is 1. The summed E-state index contributed by atoms with van der Waals surface area (Å²) in [4.78, 5) is 46.9. The number of ether oxygens (including phenoxy) is 1. The molecule has 3 rings (SSSR count). The molecular formula is C10H15FN5O13P3. The number of halogens is 1. The van der Waals surface area contributed by atoms with Gasteiger partial charge in [0, 0.05) is 0 Å². The number of nitrogens with zero attached hydrogens (tertiary/aromatic N) is 4. The van der Waals surface area contributed by atoms with Crippen molar-refractivity contribution in [1.29, 1.82) is 0 Å². The van der Waals surface area contributed by atoms with E-state index < -0.39 is 54.4 Å². The number of phosphoric acid groups is 3. The van der Waals surface area contributed by atoms with Crippen LogP contribution in [0.15, 0.2) is 12.7 Å². The number of hydrogen-bond donors (Lipinski definition) is 7. The number of hydrogen-bond acceptors (Lipinski definition) is 13. The number of fused-ring (bicyclic) bond motifs is 1. The lowest BCUT2D eigenvalue weighted by Gasteiger charge is -2.24. The van der Waals surface area contributed by atoms with Crippen molar-refractivity contribution in [2.75, 3.05) is 12.3 Å². The van der Waals surface area contributed by atoms with Gasteiger partial charge in [-0.15, -0.1) is 0 Å². The summed E-state index contributed by atoms with van der Waals surface area (Å²) < 4.78 is 65.7. The van der Waals surface area contributed by atoms with Crippen molar-refractivity contribution in [3.63, 3.8) is 0 Å². The highest BCUT2D eigenvalue weighted by atomic mass is 31.3. The van der Waals surface area contributed by atoms with E-state index in [2.05, 4.69) is 28.1 Å². The van der Waals surface area contributed by atoms with E-state index >= 15 is 4.39 Å². The summed E-state index contributed by atoms with van der Waals surface area (Å²) in [6, 6.07) is 0. The summed E-state index contributed by atoms with van der Waals surface area (Å²) in [5.74, 6) is -3.44. The van der Waals surface area contributed by atoms with Crippen LogP contribution in [0, 0.1) is 0 Å². The average molecular weight is 525 g/mol. The van der Waals surface area contributed by atoms with Crippen LogP contribution in [0.4, 0.5) is 10.2 Å². The SMILES string of the molecule is Nc1ncnc2c1ncn2C1O[C@](F)(COP(=O)(O)OP(=O)(O)OP(=O)(O)O)[C@@H](O)[C@H]1O. The standard InChI is InChI=1S/C10H15FN5O13P3/c11-10(1-26-31(22,23)29-32(24,25)28-30(19,20)21)6(18)5(17)9(27-10)16-3-15-4-7(12)13-2-14-8(4)16/h2-3,5-6,9,17-18H,1H2,(H,22,23)(H,24,25)(H2,12,13,14)(H2,19,20,21)/t5-,6+,9?,10-/m1/s1. The van der Waals surface area contributed by atoms with Gasteiger partial charge in [0.15, 0.2) is 17.7 Å². The third-order valence-corrected chi connectivity index (χ3v) is 7.66. The zero-order chi connectivity index (χ0) is 24.1. The summed E-state index contributed by atoms with van der Waals surface area (Å²) in [6.45, 7) is -1.66. The van der Waals surface area contributed by atoms with Gasteiger partial charge in [0.25, 0.3) is 5.85 Å². The first-order valence-electron chi connectivity index (χ1n) is 7.98. The monoisotopic (exact) mass is 525 g/mol. The van der Waals surface area contributed by atoms with Crippen molar-refractivity contribution in [2.24, 2.45) is 0 Å². The second-order valence-electron chi connectivity index (χ2n) is 6.18. The van der Waals surface area contributed by atoms with Crippen LogP contribution in [0.1, 0.15) is 6.23 Å². The Morgan fingerprint density at radius 3 is 2.41 bits per heavy atom. The molecule has 6 atom stereocenters. The Labute approximate surface area is 175 Å². The van der Waals surface area contributed by atoms with E-state index in [-0.39, 0.29) is 17.0 Å². The highest BCUT2D eigenvalue weighted by molar-refractivity contribution is 7.66. The number of nitrogen functional groups attached to an aromatic ring is 1. The summed E-state index contributed by atoms with van der Waals surface area (Å²) in [6.07, 6.45) is -4.02. The first kappa shape index (κ1) is 25.2. The summed E-state index contributed by atoms with van der Waals surface area (Å²) in [7, 11) is -17.2. The van der Waals surface area contributed by atoms with Gasteiger partial charge in [-0.1, -0.05) is 0 Å². The van der Waals surface area contributed by atoms with Crippen LogP contribution in [0.2, 0.25) is 0 Å². The highest BCUT2D eigenvalue weighted by Gasteiger charge is 2.57. The summed E-state index contributed by atoms with van der Waals surface area (Å²) in [5, 5.41) is 20.2. The fraction of sp³-hybridized carbons (Fsp3) is 0.500. The number of imidazole rings is 1. The maximum absolute atomic E-state index is 15.1. The van der Waals surface area contributed by atoms with Gasteiger partial charge < -0.3 is 40.3 Å². The lowest BCUT2D eigenvalue weighted by atomic mass is 10.1. The highest BCUT2D eigenvalue weighted by Crippen LogP contribution is 2.66. The van der Waals surface area contributed by atoms with Crippen LogP contribution in [0.3, 0.4) is 0 Å². The Hall–Kier alpha value is -1.43. The van der Waals surface area contributed by atoms with E-state index in [0.29, 0.717) is 0 Å². The smallest absolute Gasteiger partial charge is 0.385 e. The van der Waals surface area contributed by atoms with Crippen molar-refractivity contribution in [3.8, 4) is 0 Å². The summed E-state index contributed by atoms with van der Waals surface area (Å²) >= 11 is 0. The number of alkyl halides is 1. The van der Waals surface area contributed by atoms with Gasteiger partial charge in [-0.2, -0.15) is 8.62 Å². The number of rotatable bonds is 8. The molecular weight excluding hydrogens is 510 g/mol. The largest absolute Gasteiger partial charge is 0.490 e. The molecule has 1 saturated heterocycles. The Balaban J connectivity index is 1.76. The van der Waals surface area contributed by atoms with E-state index in [1.165, 1.54) is 0 Å². The average Bonchev–Trinajstić information content (AvgIpc) is 3.14. The molecule has 0 spiro atoms. The quantitative estimate of drug-likeness (QED) is 0.196. The Bertz CT molecular complexity index is 1160. The molecule has 18 nitrogen and oxygen atoms in total. The predicted octanol–water partition coefficient (Wildman–Crippen LogP) is -1.33. The molecule has 32 heavy (non-hydrogen) atoms. The molecule has 3 unspecified atom stereocenters. The number of aliphatic hydroxyl groups excluding tert-OH is 2. The number of aliphatic hydroxyl groups is 2. The first-order valence-corrected chi connectivity index (χ1v) is 12.5. The van der Waals surface area contributed by atoms with Crippen molar-refractivity contribution < 1.29 is 65.8 Å². The zero-order valence-corrected chi connectivity index (χ0v) is 17.9. The molecule has 1 aliphatic heterocycles. The Morgan fingerprint density at radius 1 is 1.12 bits per heavy atom. The molecule has 0 bridgehead atoms. The second-order valence-corrected chi connectivity index (χ2v) is 10.6. The molecule has 2 aromatic heterocycles. The lowest BCUT2D eigenvalue weighted by Crippen LogP contribution is -2.42. The van der Waals surface area contributed by atoms with Crippen molar-refractivity contribution in [3.05, 3.63) is 12.7 Å². The number of aromatic nitrogens is 4. The molecule has 2 aromatic rings. The molecule has 22 heteroatoms. The van der Waals surface area contributed by atoms with Crippen LogP contribution in [-0.4, -0.2) is 74.0 Å². The summed E-state index contributed by atoms with van der Waals surface area (Å²) in [5.41, 5.74) is 5.65. The van der Waals surface area contributed by atoms with Gasteiger partial charge in [0.1, 0.15) is 30.7 Å². The van der Waals surface area contributed by atoms with Crippen molar-refractivity contribution in [1.82, 2.24) is 19.5 Å². The number of anilines is 1. The van der Waals surface area contributed by atoms with Crippen LogP contribution in [0.5, 0.6) is 0 Å². The molecule has 1 fully saturated rings. The van der Waals surface area contributed by atoms with E-state index in [9.17, 15) is 28.8 Å². The lowest BCUT2D eigenvalue weighted by molar-refractivity contribution is -0.203. The molecule has 1 aliphatic rings. The van der Waals surface area contributed by atoms with E-state index in [1.54, 1.807) is 0 Å². The maximum Gasteiger partial charge on any atom is 0.490 e. The van der Waals surface area contributed by atoms with Crippen molar-refractivity contribution in [2.45, 2.75) is 24.3 Å². The molecule has 0 aromatic carbocycles. The van der Waals surface area contributed by atoms with Gasteiger partial charge in [0.2, 0.25) is 0 Å². The van der Waals surface area contributed by atoms with Gasteiger partial charge in [-0.3, -0.25) is 9.09 Å². The van der Waals surface area contributed by atoms with Crippen LogP contribution in [-0.2, 0) is 31.6 Å². The third kappa shape index (κ3) is 5.37. The molecule has 0 aliphatic carbocycles.